The molecule has 0 unspecified atom stereocenters. The van der Waals surface area contributed by atoms with Crippen molar-refractivity contribution in [3.8, 4) is 0 Å². The van der Waals surface area contributed by atoms with E-state index in [1.54, 1.807) is 0 Å². The summed E-state index contributed by atoms with van der Waals surface area (Å²) >= 11 is 2.86. The van der Waals surface area contributed by atoms with Crippen LogP contribution in [-0.2, 0) is 4.74 Å². The van der Waals surface area contributed by atoms with Crippen LogP contribution in [0.15, 0.2) is 16.6 Å². The maximum atomic E-state index is 13.2. The van der Waals surface area contributed by atoms with Crippen molar-refractivity contribution in [2.75, 3.05) is 7.11 Å². The van der Waals surface area contributed by atoms with Gasteiger partial charge in [0.2, 0.25) is 0 Å². The normalized spacial score (nSPS) is 9.80. The lowest BCUT2D eigenvalue weighted by atomic mass is 10.2. The first kappa shape index (κ1) is 11.6. The van der Waals surface area contributed by atoms with Crippen LogP contribution in [0.2, 0.25) is 0 Å². The predicted molar refractivity (Wildman–Crippen MR) is 52.1 cm³/mol. The van der Waals surface area contributed by atoms with Gasteiger partial charge < -0.3 is 4.74 Å². The van der Waals surface area contributed by atoms with Crippen LogP contribution in [0.1, 0.15) is 10.4 Å². The molecule has 0 heterocycles. The number of carbonyl (C=O) groups is 1. The Hall–Kier alpha value is -1.50. The van der Waals surface area contributed by atoms with Crippen LogP contribution < -0.4 is 0 Å². The Morgan fingerprint density at radius 1 is 1.60 bits per heavy atom. The van der Waals surface area contributed by atoms with Crippen molar-refractivity contribution < 1.29 is 18.8 Å². The molecule has 1 aromatic rings. The van der Waals surface area contributed by atoms with E-state index in [4.69, 9.17) is 0 Å². The number of hydrogen-bond donors (Lipinski definition) is 0. The van der Waals surface area contributed by atoms with Crippen molar-refractivity contribution >= 4 is 27.6 Å². The summed E-state index contributed by atoms with van der Waals surface area (Å²) < 4.78 is 17.5. The summed E-state index contributed by atoms with van der Waals surface area (Å²) in [6, 6.07) is 1.68. The molecular weight excluding hydrogens is 273 g/mol. The number of ether oxygens (including phenoxy) is 1. The van der Waals surface area contributed by atoms with Gasteiger partial charge in [-0.2, -0.15) is 0 Å². The van der Waals surface area contributed by atoms with E-state index in [2.05, 4.69) is 20.7 Å². The van der Waals surface area contributed by atoms with Crippen LogP contribution in [0.3, 0.4) is 0 Å². The highest BCUT2D eigenvalue weighted by Crippen LogP contribution is 2.27. The number of rotatable bonds is 2. The number of halogens is 2. The molecule has 0 bridgehead atoms. The average molecular weight is 278 g/mol. The lowest BCUT2D eigenvalue weighted by Gasteiger charge is -2.02. The fourth-order valence-electron chi connectivity index (χ4n) is 0.943. The molecule has 0 aromatic heterocycles. The van der Waals surface area contributed by atoms with Gasteiger partial charge in [-0.1, -0.05) is 0 Å². The van der Waals surface area contributed by atoms with Gasteiger partial charge in [0.25, 0.3) is 5.69 Å². The minimum Gasteiger partial charge on any atom is -0.465 e. The molecule has 0 fully saturated rings. The molecule has 0 atom stereocenters. The van der Waals surface area contributed by atoms with Crippen LogP contribution in [-0.4, -0.2) is 18.0 Å². The van der Waals surface area contributed by atoms with Crippen LogP contribution in [0.4, 0.5) is 10.1 Å². The Morgan fingerprint density at radius 3 is 2.67 bits per heavy atom. The number of methoxy groups -OCH3 is 1. The van der Waals surface area contributed by atoms with Crippen LogP contribution >= 0.6 is 15.9 Å². The Bertz CT molecular complexity index is 435. The standard InChI is InChI=1S/C8H5BrFNO4/c1-15-8(12)4-2-5(9)7(11(13)14)3-6(4)10/h2-3H,1H3. The zero-order chi connectivity index (χ0) is 11.6. The first-order valence-electron chi connectivity index (χ1n) is 3.69. The van der Waals surface area contributed by atoms with Crippen molar-refractivity contribution in [1.82, 2.24) is 0 Å². The number of nitrogens with zero attached hydrogens (tertiary/aromatic N) is 1. The highest BCUT2D eigenvalue weighted by molar-refractivity contribution is 9.10. The van der Waals surface area contributed by atoms with Gasteiger partial charge in [-0.15, -0.1) is 0 Å². The van der Waals surface area contributed by atoms with Gasteiger partial charge in [0, 0.05) is 0 Å². The molecule has 5 nitrogen and oxygen atoms in total. The third-order valence-electron chi connectivity index (χ3n) is 1.64. The van der Waals surface area contributed by atoms with E-state index in [9.17, 15) is 19.3 Å². The number of nitro groups is 1. The van der Waals surface area contributed by atoms with E-state index < -0.39 is 22.4 Å². The van der Waals surface area contributed by atoms with Crippen molar-refractivity contribution in [2.24, 2.45) is 0 Å². The van der Waals surface area contributed by atoms with Crippen molar-refractivity contribution in [2.45, 2.75) is 0 Å². The topological polar surface area (TPSA) is 69.4 Å². The zero-order valence-electron chi connectivity index (χ0n) is 7.49. The summed E-state index contributed by atoms with van der Waals surface area (Å²) in [5.74, 6) is -1.88. The average Bonchev–Trinajstić information content (AvgIpc) is 2.19. The molecule has 0 amide bonds. The van der Waals surface area contributed by atoms with Gasteiger partial charge >= 0.3 is 5.97 Å². The summed E-state index contributed by atoms with van der Waals surface area (Å²) in [5.41, 5.74) is -0.796. The SMILES string of the molecule is COC(=O)c1cc(Br)c([N+](=O)[O-])cc1F. The minimum absolute atomic E-state index is 0.0225. The molecule has 0 N–H and O–H groups in total. The second-order valence-electron chi connectivity index (χ2n) is 2.53. The van der Waals surface area contributed by atoms with E-state index in [-0.39, 0.29) is 10.0 Å². The lowest BCUT2D eigenvalue weighted by Crippen LogP contribution is -2.05. The Balaban J connectivity index is 3.31. The zero-order valence-corrected chi connectivity index (χ0v) is 9.08. The maximum absolute atomic E-state index is 13.2. The molecule has 7 heteroatoms. The van der Waals surface area contributed by atoms with E-state index in [0.29, 0.717) is 6.07 Å². The second-order valence-corrected chi connectivity index (χ2v) is 3.39. The van der Waals surface area contributed by atoms with Crippen LogP contribution in [0.5, 0.6) is 0 Å². The molecule has 0 aliphatic rings. The first-order valence-corrected chi connectivity index (χ1v) is 4.48. The largest absolute Gasteiger partial charge is 0.465 e. The van der Waals surface area contributed by atoms with Crippen LogP contribution in [0, 0.1) is 15.9 Å². The summed E-state index contributed by atoms with van der Waals surface area (Å²) in [7, 11) is 1.09. The summed E-state index contributed by atoms with van der Waals surface area (Å²) in [6.45, 7) is 0. The fourth-order valence-corrected chi connectivity index (χ4v) is 1.43. The quantitative estimate of drug-likeness (QED) is 0.472. The molecule has 0 saturated carbocycles. The monoisotopic (exact) mass is 277 g/mol. The molecule has 0 aliphatic heterocycles. The van der Waals surface area contributed by atoms with Gasteiger partial charge in [-0.25, -0.2) is 9.18 Å². The Labute approximate surface area is 92.1 Å². The van der Waals surface area contributed by atoms with Crippen molar-refractivity contribution in [3.05, 3.63) is 38.1 Å². The smallest absolute Gasteiger partial charge is 0.340 e. The highest BCUT2D eigenvalue weighted by Gasteiger charge is 2.20. The molecule has 0 saturated heterocycles. The molecule has 1 rings (SSSR count). The number of nitro benzene ring substituents is 1. The first-order chi connectivity index (χ1) is 6.97. The lowest BCUT2D eigenvalue weighted by molar-refractivity contribution is -0.385. The van der Waals surface area contributed by atoms with E-state index >= 15 is 0 Å². The van der Waals surface area contributed by atoms with Crippen molar-refractivity contribution in [3.63, 3.8) is 0 Å². The number of esters is 1. The van der Waals surface area contributed by atoms with E-state index in [0.717, 1.165) is 13.2 Å². The second kappa shape index (κ2) is 4.35. The Morgan fingerprint density at radius 2 is 2.20 bits per heavy atom. The summed E-state index contributed by atoms with van der Waals surface area (Å²) in [5, 5.41) is 10.4. The Kier molecular flexibility index (Phi) is 3.35. The number of benzene rings is 1. The molecule has 0 spiro atoms. The van der Waals surface area contributed by atoms with Gasteiger partial charge in [0.05, 0.1) is 28.1 Å². The van der Waals surface area contributed by atoms with Gasteiger partial charge in [-0.05, 0) is 22.0 Å². The highest BCUT2D eigenvalue weighted by atomic mass is 79.9. The van der Waals surface area contributed by atoms with E-state index in [1.165, 1.54) is 0 Å². The molecule has 15 heavy (non-hydrogen) atoms. The third kappa shape index (κ3) is 2.30. The van der Waals surface area contributed by atoms with Crippen LogP contribution in [0.25, 0.3) is 0 Å². The molecule has 0 radical (unpaired) electrons. The number of hydrogen-bond acceptors (Lipinski definition) is 4. The fraction of sp³-hybridized carbons (Fsp3) is 0.125. The summed E-state index contributed by atoms with van der Waals surface area (Å²) in [6.07, 6.45) is 0. The molecule has 0 aliphatic carbocycles. The van der Waals surface area contributed by atoms with E-state index in [1.807, 2.05) is 0 Å². The van der Waals surface area contributed by atoms with Gasteiger partial charge in [0.1, 0.15) is 5.82 Å². The third-order valence-corrected chi connectivity index (χ3v) is 2.27. The van der Waals surface area contributed by atoms with Gasteiger partial charge in [0.15, 0.2) is 0 Å². The number of carbonyl (C=O) groups excluding carboxylic acids is 1. The minimum atomic E-state index is -0.989. The maximum Gasteiger partial charge on any atom is 0.340 e. The van der Waals surface area contributed by atoms with Crippen molar-refractivity contribution in [1.29, 1.82) is 0 Å². The van der Waals surface area contributed by atoms with Gasteiger partial charge in [-0.3, -0.25) is 10.1 Å². The summed E-state index contributed by atoms with van der Waals surface area (Å²) in [4.78, 5) is 20.7. The molecule has 1 aromatic carbocycles. The predicted octanol–water partition coefficient (Wildman–Crippen LogP) is 2.28. The molecule has 80 valence electrons. The molecular formula is C8H5BrFNO4.